The number of carboxylic acid groups (broad SMARTS) is 1. The second-order valence-corrected chi connectivity index (χ2v) is 5.11. The van der Waals surface area contributed by atoms with Gasteiger partial charge in [0.05, 0.1) is 5.56 Å². The Bertz CT molecular complexity index is 793. The van der Waals surface area contributed by atoms with E-state index in [2.05, 4.69) is 10.6 Å². The van der Waals surface area contributed by atoms with Gasteiger partial charge >= 0.3 is 5.97 Å². The maximum Gasteiger partial charge on any atom is 0.336 e. The van der Waals surface area contributed by atoms with Crippen molar-refractivity contribution in [3.05, 3.63) is 65.0 Å². The Morgan fingerprint density at radius 1 is 1.17 bits per heavy atom. The number of hydrogen-bond donors (Lipinski definition) is 3. The predicted octanol–water partition coefficient (Wildman–Crippen LogP) is 2.96. The summed E-state index contributed by atoms with van der Waals surface area (Å²) in [6, 6.07) is 9.87. The van der Waals surface area contributed by atoms with Crippen LogP contribution in [0.4, 0.5) is 10.1 Å². The van der Waals surface area contributed by atoms with Gasteiger partial charge in [-0.05, 0) is 55.0 Å². The largest absolute Gasteiger partial charge is 0.478 e. The molecule has 0 aromatic heterocycles. The molecule has 118 valence electrons. The number of carboxylic acids is 1. The molecule has 0 bridgehead atoms. The van der Waals surface area contributed by atoms with Crippen LogP contribution in [0.25, 0.3) is 0 Å². The summed E-state index contributed by atoms with van der Waals surface area (Å²) in [5, 5.41) is 14.2. The molecule has 0 radical (unpaired) electrons. The SMILES string of the molecule is Cc1c(NC(=S)NC(=O)c2cccc(F)c2)cccc1C(=O)O. The number of anilines is 1. The van der Waals surface area contributed by atoms with E-state index >= 15 is 0 Å². The van der Waals surface area contributed by atoms with Crippen LogP contribution >= 0.6 is 12.2 Å². The molecule has 7 heteroatoms. The van der Waals surface area contributed by atoms with E-state index in [1.54, 1.807) is 19.1 Å². The Labute approximate surface area is 137 Å². The van der Waals surface area contributed by atoms with Crippen molar-refractivity contribution < 1.29 is 19.1 Å². The molecule has 0 saturated heterocycles. The summed E-state index contributed by atoms with van der Waals surface area (Å²) in [4.78, 5) is 23.0. The van der Waals surface area contributed by atoms with Crippen molar-refractivity contribution in [2.24, 2.45) is 0 Å². The molecule has 0 aliphatic carbocycles. The van der Waals surface area contributed by atoms with Gasteiger partial charge in [0.15, 0.2) is 5.11 Å². The highest BCUT2D eigenvalue weighted by molar-refractivity contribution is 7.80. The minimum atomic E-state index is -1.05. The van der Waals surface area contributed by atoms with Crippen LogP contribution in [0.3, 0.4) is 0 Å². The molecular weight excluding hydrogens is 319 g/mol. The van der Waals surface area contributed by atoms with Crippen molar-refractivity contribution in [2.45, 2.75) is 6.92 Å². The average molecular weight is 332 g/mol. The molecule has 0 heterocycles. The lowest BCUT2D eigenvalue weighted by molar-refractivity contribution is 0.0696. The number of carbonyl (C=O) groups excluding carboxylic acids is 1. The van der Waals surface area contributed by atoms with Gasteiger partial charge in [-0.15, -0.1) is 0 Å². The number of nitrogens with one attached hydrogen (secondary N) is 2. The molecule has 0 aliphatic heterocycles. The highest BCUT2D eigenvalue weighted by Crippen LogP contribution is 2.18. The summed E-state index contributed by atoms with van der Waals surface area (Å²) in [7, 11) is 0. The smallest absolute Gasteiger partial charge is 0.336 e. The van der Waals surface area contributed by atoms with Crippen LogP contribution in [-0.2, 0) is 0 Å². The van der Waals surface area contributed by atoms with E-state index in [-0.39, 0.29) is 16.2 Å². The Kier molecular flexibility index (Phi) is 5.02. The van der Waals surface area contributed by atoms with E-state index in [0.717, 1.165) is 6.07 Å². The molecule has 2 rings (SSSR count). The molecule has 0 aliphatic rings. The lowest BCUT2D eigenvalue weighted by Gasteiger charge is -2.13. The molecule has 5 nitrogen and oxygen atoms in total. The third-order valence-corrected chi connectivity index (χ3v) is 3.33. The third-order valence-electron chi connectivity index (χ3n) is 3.13. The number of carbonyl (C=O) groups is 2. The van der Waals surface area contributed by atoms with Gasteiger partial charge in [-0.3, -0.25) is 10.1 Å². The van der Waals surface area contributed by atoms with E-state index in [0.29, 0.717) is 11.3 Å². The van der Waals surface area contributed by atoms with Gasteiger partial charge in [-0.2, -0.15) is 0 Å². The lowest BCUT2D eigenvalue weighted by Crippen LogP contribution is -2.34. The Morgan fingerprint density at radius 2 is 1.87 bits per heavy atom. The normalized spacial score (nSPS) is 10.0. The van der Waals surface area contributed by atoms with Crippen molar-refractivity contribution in [3.63, 3.8) is 0 Å². The van der Waals surface area contributed by atoms with Gasteiger partial charge in [0, 0.05) is 11.3 Å². The van der Waals surface area contributed by atoms with Crippen LogP contribution in [-0.4, -0.2) is 22.1 Å². The summed E-state index contributed by atoms with van der Waals surface area (Å²) >= 11 is 5.03. The van der Waals surface area contributed by atoms with Gasteiger partial charge < -0.3 is 10.4 Å². The second-order valence-electron chi connectivity index (χ2n) is 4.70. The van der Waals surface area contributed by atoms with Gasteiger partial charge in [0.1, 0.15) is 5.82 Å². The molecule has 3 N–H and O–H groups in total. The summed E-state index contributed by atoms with van der Waals surface area (Å²) < 4.78 is 13.1. The van der Waals surface area contributed by atoms with Crippen molar-refractivity contribution >= 4 is 34.9 Å². The molecule has 23 heavy (non-hydrogen) atoms. The predicted molar refractivity (Wildman–Crippen MR) is 88.2 cm³/mol. The Morgan fingerprint density at radius 3 is 2.52 bits per heavy atom. The number of hydrogen-bond acceptors (Lipinski definition) is 3. The summed E-state index contributed by atoms with van der Waals surface area (Å²) in [5.74, 6) is -2.14. The number of amides is 1. The average Bonchev–Trinajstić information content (AvgIpc) is 2.49. The first-order chi connectivity index (χ1) is 10.9. The van der Waals surface area contributed by atoms with E-state index in [4.69, 9.17) is 17.3 Å². The molecule has 0 unspecified atom stereocenters. The van der Waals surface area contributed by atoms with Crippen molar-refractivity contribution in [2.75, 3.05) is 5.32 Å². The van der Waals surface area contributed by atoms with Crippen LogP contribution in [0, 0.1) is 12.7 Å². The third kappa shape index (κ3) is 4.10. The molecule has 0 atom stereocenters. The standard InChI is InChI=1S/C16H13FN2O3S/c1-9-12(15(21)22)6-3-7-13(9)18-16(23)19-14(20)10-4-2-5-11(17)8-10/h2-8H,1H3,(H,21,22)(H2,18,19,20,23). The molecule has 2 aromatic carbocycles. The van der Waals surface area contributed by atoms with Crippen molar-refractivity contribution in [1.29, 1.82) is 0 Å². The monoisotopic (exact) mass is 332 g/mol. The van der Waals surface area contributed by atoms with Crippen LogP contribution in [0.2, 0.25) is 0 Å². The summed E-state index contributed by atoms with van der Waals surface area (Å²) in [6.07, 6.45) is 0. The fraction of sp³-hybridized carbons (Fsp3) is 0.0625. The number of rotatable bonds is 3. The summed E-state index contributed by atoms with van der Waals surface area (Å²) in [6.45, 7) is 1.63. The molecule has 0 spiro atoms. The van der Waals surface area contributed by atoms with E-state index in [9.17, 15) is 14.0 Å². The molecule has 2 aromatic rings. The van der Waals surface area contributed by atoms with Crippen LogP contribution in [0.5, 0.6) is 0 Å². The minimum absolute atomic E-state index is 0.00935. The number of aromatic carboxylic acids is 1. The Balaban J connectivity index is 2.10. The maximum absolute atomic E-state index is 13.1. The first-order valence-electron chi connectivity index (χ1n) is 6.59. The highest BCUT2D eigenvalue weighted by Gasteiger charge is 2.12. The quantitative estimate of drug-likeness (QED) is 0.753. The molecule has 0 saturated carbocycles. The molecule has 0 fully saturated rings. The lowest BCUT2D eigenvalue weighted by atomic mass is 10.1. The molecule has 1 amide bonds. The topological polar surface area (TPSA) is 78.4 Å². The van der Waals surface area contributed by atoms with E-state index in [1.165, 1.54) is 24.3 Å². The van der Waals surface area contributed by atoms with Crippen molar-refractivity contribution in [3.8, 4) is 0 Å². The fourth-order valence-electron chi connectivity index (χ4n) is 1.96. The second kappa shape index (κ2) is 6.97. The van der Waals surface area contributed by atoms with E-state index < -0.39 is 17.7 Å². The zero-order valence-corrected chi connectivity index (χ0v) is 12.9. The first-order valence-corrected chi connectivity index (χ1v) is 7.00. The van der Waals surface area contributed by atoms with Crippen LogP contribution in [0.1, 0.15) is 26.3 Å². The van der Waals surface area contributed by atoms with Crippen molar-refractivity contribution in [1.82, 2.24) is 5.32 Å². The fourth-order valence-corrected chi connectivity index (χ4v) is 2.16. The van der Waals surface area contributed by atoms with E-state index in [1.807, 2.05) is 0 Å². The zero-order valence-electron chi connectivity index (χ0n) is 12.1. The van der Waals surface area contributed by atoms with Crippen LogP contribution < -0.4 is 10.6 Å². The Hall–Kier alpha value is -2.80. The number of thiocarbonyl (C=S) groups is 1. The van der Waals surface area contributed by atoms with Gasteiger partial charge in [0.25, 0.3) is 5.91 Å². The summed E-state index contributed by atoms with van der Waals surface area (Å²) in [5.41, 5.74) is 1.22. The molecular formula is C16H13FN2O3S. The van der Waals surface area contributed by atoms with Gasteiger partial charge in [-0.1, -0.05) is 12.1 Å². The highest BCUT2D eigenvalue weighted by atomic mass is 32.1. The zero-order chi connectivity index (χ0) is 17.0. The number of halogens is 1. The first kappa shape index (κ1) is 16.6. The minimum Gasteiger partial charge on any atom is -0.478 e. The van der Waals surface area contributed by atoms with Gasteiger partial charge in [0.2, 0.25) is 0 Å². The van der Waals surface area contributed by atoms with Crippen LogP contribution in [0.15, 0.2) is 42.5 Å². The maximum atomic E-state index is 13.1. The van der Waals surface area contributed by atoms with Gasteiger partial charge in [-0.25, -0.2) is 9.18 Å². The number of benzene rings is 2.